The number of pyridine rings is 1. The summed E-state index contributed by atoms with van der Waals surface area (Å²) in [6, 6.07) is 3.39. The predicted molar refractivity (Wildman–Crippen MR) is 114 cm³/mol. The maximum atomic E-state index is 12.8. The van der Waals surface area contributed by atoms with Crippen molar-refractivity contribution in [3.63, 3.8) is 0 Å². The molecule has 11 nitrogen and oxygen atoms in total. The zero-order chi connectivity index (χ0) is 22.6. The van der Waals surface area contributed by atoms with Crippen LogP contribution in [-0.4, -0.2) is 47.5 Å². The minimum Gasteiger partial charge on any atom is -0.492 e. The Morgan fingerprint density at radius 2 is 2.00 bits per heavy atom. The SMILES string of the molecule is CCCCOc1ccc2nc(Cl)c(S(=O)(=O)NC(=O)Nc3nc(Cl)cc(OC)n3)n2c1. The lowest BCUT2D eigenvalue weighted by Crippen LogP contribution is -2.35. The van der Waals surface area contributed by atoms with Gasteiger partial charge in [-0.2, -0.15) is 13.4 Å². The minimum atomic E-state index is -4.43. The van der Waals surface area contributed by atoms with Crippen molar-refractivity contribution < 1.29 is 22.7 Å². The Balaban J connectivity index is 1.85. The molecule has 14 heteroatoms. The van der Waals surface area contributed by atoms with Gasteiger partial charge >= 0.3 is 6.03 Å². The van der Waals surface area contributed by atoms with Crippen LogP contribution in [0, 0.1) is 0 Å². The molecule has 3 aromatic rings. The molecule has 2 amide bonds. The largest absolute Gasteiger partial charge is 0.492 e. The molecule has 0 atom stereocenters. The third-order valence-electron chi connectivity index (χ3n) is 3.86. The van der Waals surface area contributed by atoms with Gasteiger partial charge in [-0.25, -0.2) is 19.5 Å². The number of ether oxygens (including phenoxy) is 2. The molecule has 0 radical (unpaired) electrons. The first-order valence-electron chi connectivity index (χ1n) is 8.96. The van der Waals surface area contributed by atoms with Gasteiger partial charge < -0.3 is 9.47 Å². The molecule has 0 spiro atoms. The zero-order valence-corrected chi connectivity index (χ0v) is 18.8. The number of aromatic nitrogens is 4. The highest BCUT2D eigenvalue weighted by molar-refractivity contribution is 7.90. The number of imidazole rings is 1. The molecule has 0 aliphatic heterocycles. The number of carbonyl (C=O) groups is 1. The van der Waals surface area contributed by atoms with Crippen LogP contribution in [0.2, 0.25) is 10.3 Å². The van der Waals surface area contributed by atoms with E-state index in [1.807, 2.05) is 11.6 Å². The number of hydrogen-bond donors (Lipinski definition) is 2. The van der Waals surface area contributed by atoms with Crippen molar-refractivity contribution in [2.75, 3.05) is 19.0 Å². The molecule has 0 unspecified atom stereocenters. The van der Waals surface area contributed by atoms with Gasteiger partial charge in [0.15, 0.2) is 10.2 Å². The zero-order valence-electron chi connectivity index (χ0n) is 16.4. The molecule has 0 aliphatic rings. The number of amides is 2. The Kier molecular flexibility index (Phi) is 7.03. The number of anilines is 1. The molecule has 166 valence electrons. The summed E-state index contributed by atoms with van der Waals surface area (Å²) < 4.78 is 39.3. The number of nitrogens with zero attached hydrogens (tertiary/aromatic N) is 4. The molecule has 3 aromatic heterocycles. The van der Waals surface area contributed by atoms with Crippen LogP contribution in [0.25, 0.3) is 5.65 Å². The van der Waals surface area contributed by atoms with Crippen molar-refractivity contribution in [3.8, 4) is 11.6 Å². The fraction of sp³-hybridized carbons (Fsp3) is 0.294. The number of unbranched alkanes of at least 4 members (excludes halogenated alkanes) is 1. The Labute approximate surface area is 187 Å². The lowest BCUT2D eigenvalue weighted by Gasteiger charge is -2.10. The van der Waals surface area contributed by atoms with Crippen molar-refractivity contribution in [1.82, 2.24) is 24.1 Å². The van der Waals surface area contributed by atoms with E-state index in [1.165, 1.54) is 23.8 Å². The molecular weight excluding hydrogens is 471 g/mol. The standard InChI is InChI=1S/C17H18Cl2N6O5S/c1-3-4-7-30-10-5-6-12-21-14(19)15(25(12)9-10)31(27,28)24-17(26)23-16-20-11(18)8-13(22-16)29-2/h5-6,8-9H,3-4,7H2,1-2H3,(H2,20,22,23,24,26). The van der Waals surface area contributed by atoms with Crippen LogP contribution in [0.1, 0.15) is 19.8 Å². The third-order valence-corrected chi connectivity index (χ3v) is 5.78. The second kappa shape index (κ2) is 9.54. The first-order valence-corrected chi connectivity index (χ1v) is 11.2. The van der Waals surface area contributed by atoms with Crippen LogP contribution in [0.5, 0.6) is 11.6 Å². The molecule has 0 saturated heterocycles. The summed E-state index contributed by atoms with van der Waals surface area (Å²) in [6.45, 7) is 2.49. The van der Waals surface area contributed by atoms with E-state index < -0.39 is 21.1 Å². The van der Waals surface area contributed by atoms with E-state index >= 15 is 0 Å². The van der Waals surface area contributed by atoms with Gasteiger partial charge in [0.2, 0.25) is 11.8 Å². The summed E-state index contributed by atoms with van der Waals surface area (Å²) in [5.41, 5.74) is 0.261. The quantitative estimate of drug-likeness (QED) is 0.364. The smallest absolute Gasteiger partial charge is 0.335 e. The summed E-state index contributed by atoms with van der Waals surface area (Å²) in [5, 5.41) is 1.43. The van der Waals surface area contributed by atoms with Gasteiger partial charge in [0.25, 0.3) is 10.0 Å². The highest BCUT2D eigenvalue weighted by Gasteiger charge is 2.27. The summed E-state index contributed by atoms with van der Waals surface area (Å²) in [6.07, 6.45) is 3.22. The van der Waals surface area contributed by atoms with Gasteiger partial charge in [-0.15, -0.1) is 0 Å². The van der Waals surface area contributed by atoms with Crippen LogP contribution in [0.4, 0.5) is 10.7 Å². The topological polar surface area (TPSA) is 137 Å². The van der Waals surface area contributed by atoms with E-state index in [4.69, 9.17) is 32.7 Å². The molecule has 31 heavy (non-hydrogen) atoms. The number of nitrogens with one attached hydrogen (secondary N) is 2. The summed E-state index contributed by atoms with van der Waals surface area (Å²) >= 11 is 11.9. The van der Waals surface area contributed by atoms with Crippen molar-refractivity contribution in [2.24, 2.45) is 0 Å². The lowest BCUT2D eigenvalue weighted by atomic mass is 10.3. The van der Waals surface area contributed by atoms with Gasteiger partial charge in [-0.05, 0) is 18.6 Å². The van der Waals surface area contributed by atoms with Gasteiger partial charge in [0, 0.05) is 6.07 Å². The second-order valence-corrected chi connectivity index (χ2v) is 8.46. The summed E-state index contributed by atoms with van der Waals surface area (Å²) in [5.74, 6) is 0.252. The average molecular weight is 489 g/mol. The van der Waals surface area contributed by atoms with Gasteiger partial charge in [0.05, 0.1) is 19.9 Å². The van der Waals surface area contributed by atoms with E-state index in [9.17, 15) is 13.2 Å². The molecule has 2 N–H and O–H groups in total. The summed E-state index contributed by atoms with van der Waals surface area (Å²) in [7, 11) is -3.08. The Bertz CT molecular complexity index is 1220. The first kappa shape index (κ1) is 22.8. The number of fused-ring (bicyclic) bond motifs is 1. The Hall–Kier alpha value is -2.83. The maximum Gasteiger partial charge on any atom is 0.335 e. The van der Waals surface area contributed by atoms with Crippen LogP contribution in [0.3, 0.4) is 0 Å². The van der Waals surface area contributed by atoms with Crippen LogP contribution < -0.4 is 19.5 Å². The van der Waals surface area contributed by atoms with Crippen molar-refractivity contribution >= 4 is 50.9 Å². The molecule has 0 fully saturated rings. The third kappa shape index (κ3) is 5.46. The van der Waals surface area contributed by atoms with Gasteiger partial charge in [-0.3, -0.25) is 9.72 Å². The summed E-state index contributed by atoms with van der Waals surface area (Å²) in [4.78, 5) is 23.9. The molecule has 3 rings (SSSR count). The number of hydrogen-bond acceptors (Lipinski definition) is 8. The van der Waals surface area contributed by atoms with Crippen LogP contribution >= 0.6 is 23.2 Å². The number of carbonyl (C=O) groups excluding carboxylic acids is 1. The Morgan fingerprint density at radius 1 is 1.23 bits per heavy atom. The number of methoxy groups -OCH3 is 1. The highest BCUT2D eigenvalue weighted by Crippen LogP contribution is 2.25. The van der Waals surface area contributed by atoms with Crippen molar-refractivity contribution in [3.05, 3.63) is 34.7 Å². The molecular formula is C17H18Cl2N6O5S. The highest BCUT2D eigenvalue weighted by atomic mass is 35.5. The van der Waals surface area contributed by atoms with E-state index in [-0.39, 0.29) is 27.8 Å². The second-order valence-electron chi connectivity index (χ2n) is 6.12. The number of rotatable bonds is 8. The van der Waals surface area contributed by atoms with Crippen LogP contribution in [0.15, 0.2) is 29.4 Å². The Morgan fingerprint density at radius 3 is 2.71 bits per heavy atom. The molecule has 0 saturated carbocycles. The number of sulfonamides is 1. The average Bonchev–Trinajstić information content (AvgIpc) is 3.03. The number of halogens is 2. The van der Waals surface area contributed by atoms with E-state index in [1.54, 1.807) is 12.1 Å². The molecule has 3 heterocycles. The van der Waals surface area contributed by atoms with Gasteiger partial charge in [-0.1, -0.05) is 36.5 Å². The molecule has 0 aliphatic carbocycles. The van der Waals surface area contributed by atoms with E-state index in [0.29, 0.717) is 12.4 Å². The van der Waals surface area contributed by atoms with Crippen molar-refractivity contribution in [1.29, 1.82) is 0 Å². The van der Waals surface area contributed by atoms with E-state index in [2.05, 4.69) is 20.3 Å². The van der Waals surface area contributed by atoms with Crippen LogP contribution in [-0.2, 0) is 10.0 Å². The first-order chi connectivity index (χ1) is 14.7. The van der Waals surface area contributed by atoms with E-state index in [0.717, 1.165) is 12.8 Å². The lowest BCUT2D eigenvalue weighted by molar-refractivity contribution is 0.256. The molecule has 0 aromatic carbocycles. The fourth-order valence-corrected chi connectivity index (χ4v) is 4.21. The van der Waals surface area contributed by atoms with Crippen molar-refractivity contribution in [2.45, 2.75) is 24.8 Å². The molecule has 0 bridgehead atoms. The van der Waals surface area contributed by atoms with Gasteiger partial charge in [0.1, 0.15) is 16.5 Å². The number of urea groups is 1. The normalized spacial score (nSPS) is 11.4. The fourth-order valence-electron chi connectivity index (χ4n) is 2.49. The predicted octanol–water partition coefficient (Wildman–Crippen LogP) is 3.13. The maximum absolute atomic E-state index is 12.8. The minimum absolute atomic E-state index is 0.00885. The monoisotopic (exact) mass is 488 g/mol.